The zero-order chi connectivity index (χ0) is 10.7. The predicted molar refractivity (Wildman–Crippen MR) is 62.3 cm³/mol. The van der Waals surface area contributed by atoms with Gasteiger partial charge in [0.15, 0.2) is 0 Å². The van der Waals surface area contributed by atoms with Crippen molar-refractivity contribution in [1.29, 1.82) is 0 Å². The molecule has 0 aliphatic heterocycles. The van der Waals surface area contributed by atoms with Crippen molar-refractivity contribution in [1.82, 2.24) is 4.98 Å². The third-order valence-corrected chi connectivity index (χ3v) is 2.80. The smallest absolute Gasteiger partial charge is 0.147 e. The van der Waals surface area contributed by atoms with Gasteiger partial charge in [0, 0.05) is 23.5 Å². The van der Waals surface area contributed by atoms with Crippen molar-refractivity contribution in [2.24, 2.45) is 0 Å². The van der Waals surface area contributed by atoms with E-state index in [1.807, 2.05) is 24.4 Å². The zero-order valence-corrected chi connectivity index (χ0v) is 9.05. The summed E-state index contributed by atoms with van der Waals surface area (Å²) in [5.74, 6) is 0.212. The molecular formula is C12H12ClNO. The van der Waals surface area contributed by atoms with E-state index >= 15 is 0 Å². The average Bonchev–Trinajstić information content (AvgIpc) is 2.69. The van der Waals surface area contributed by atoms with Crippen molar-refractivity contribution < 1.29 is 4.79 Å². The molecule has 0 fully saturated rings. The number of aromatic nitrogens is 1. The molecule has 0 aliphatic rings. The summed E-state index contributed by atoms with van der Waals surface area (Å²) in [5, 5.41) is 1.19. The molecule has 0 atom stereocenters. The van der Waals surface area contributed by atoms with Crippen LogP contribution in [0.3, 0.4) is 0 Å². The van der Waals surface area contributed by atoms with Gasteiger partial charge in [0.2, 0.25) is 0 Å². The van der Waals surface area contributed by atoms with Crippen LogP contribution in [0.25, 0.3) is 10.9 Å². The number of hydrogen-bond donors (Lipinski definition) is 1. The molecule has 0 radical (unpaired) electrons. The summed E-state index contributed by atoms with van der Waals surface area (Å²) in [7, 11) is 0. The first kappa shape index (κ1) is 10.2. The van der Waals surface area contributed by atoms with Crippen molar-refractivity contribution in [2.75, 3.05) is 5.88 Å². The van der Waals surface area contributed by atoms with Crippen molar-refractivity contribution in [3.05, 3.63) is 36.0 Å². The summed E-state index contributed by atoms with van der Waals surface area (Å²) in [6, 6.07) is 8.09. The lowest BCUT2D eigenvalue weighted by atomic mass is 10.1. The number of hydrogen-bond acceptors (Lipinski definition) is 1. The van der Waals surface area contributed by atoms with E-state index in [2.05, 4.69) is 11.1 Å². The fourth-order valence-corrected chi connectivity index (χ4v) is 1.81. The number of ketones is 1. The maximum atomic E-state index is 11.1. The van der Waals surface area contributed by atoms with E-state index in [-0.39, 0.29) is 11.7 Å². The van der Waals surface area contributed by atoms with Crippen LogP contribution in [0.4, 0.5) is 0 Å². The van der Waals surface area contributed by atoms with Gasteiger partial charge in [0.05, 0.1) is 5.88 Å². The summed E-state index contributed by atoms with van der Waals surface area (Å²) >= 11 is 5.45. The topological polar surface area (TPSA) is 32.9 Å². The van der Waals surface area contributed by atoms with Crippen LogP contribution in [0.15, 0.2) is 30.5 Å². The number of aryl methyl sites for hydroxylation is 1. The number of halogens is 1. The molecule has 15 heavy (non-hydrogen) atoms. The lowest BCUT2D eigenvalue weighted by Crippen LogP contribution is -2.00. The van der Waals surface area contributed by atoms with E-state index in [1.54, 1.807) is 0 Å². The number of fused-ring (bicyclic) bond motifs is 1. The second-order valence-electron chi connectivity index (χ2n) is 3.53. The summed E-state index contributed by atoms with van der Waals surface area (Å²) < 4.78 is 0. The molecule has 0 spiro atoms. The number of alkyl halides is 1. The van der Waals surface area contributed by atoms with Crippen LogP contribution in [0.2, 0.25) is 0 Å². The van der Waals surface area contributed by atoms with Crippen LogP contribution in [-0.4, -0.2) is 16.6 Å². The van der Waals surface area contributed by atoms with Crippen LogP contribution in [0.5, 0.6) is 0 Å². The van der Waals surface area contributed by atoms with Gasteiger partial charge in [-0.25, -0.2) is 0 Å². The van der Waals surface area contributed by atoms with Crippen LogP contribution >= 0.6 is 11.6 Å². The Kier molecular flexibility index (Phi) is 3.07. The van der Waals surface area contributed by atoms with Crippen LogP contribution in [-0.2, 0) is 11.2 Å². The molecular weight excluding hydrogens is 210 g/mol. The lowest BCUT2D eigenvalue weighted by molar-refractivity contribution is -0.116. The number of carbonyl (C=O) groups is 1. The van der Waals surface area contributed by atoms with Gasteiger partial charge in [0.25, 0.3) is 0 Å². The Labute approximate surface area is 93.2 Å². The Morgan fingerprint density at radius 1 is 1.33 bits per heavy atom. The highest BCUT2D eigenvalue weighted by Crippen LogP contribution is 2.18. The Hall–Kier alpha value is -1.28. The number of benzene rings is 1. The SMILES string of the molecule is O=C(CCl)CCc1c[nH]c2ccccc12. The first-order valence-corrected chi connectivity index (χ1v) is 5.47. The predicted octanol–water partition coefficient (Wildman–Crippen LogP) is 2.91. The summed E-state index contributed by atoms with van der Waals surface area (Å²) in [5.41, 5.74) is 2.30. The molecule has 0 aliphatic carbocycles. The maximum absolute atomic E-state index is 11.1. The number of Topliss-reactive ketones (excluding diaryl/α,β-unsaturated/α-hetero) is 1. The van der Waals surface area contributed by atoms with Crippen molar-refractivity contribution in [2.45, 2.75) is 12.8 Å². The third kappa shape index (κ3) is 2.21. The van der Waals surface area contributed by atoms with Crippen LogP contribution in [0, 0.1) is 0 Å². The van der Waals surface area contributed by atoms with Gasteiger partial charge < -0.3 is 4.98 Å². The fourth-order valence-electron chi connectivity index (χ4n) is 1.68. The second-order valence-corrected chi connectivity index (χ2v) is 3.80. The molecule has 2 aromatic rings. The summed E-state index contributed by atoms with van der Waals surface area (Å²) in [6.45, 7) is 0. The first-order valence-electron chi connectivity index (χ1n) is 4.94. The van der Waals surface area contributed by atoms with Gasteiger partial charge in [-0.15, -0.1) is 11.6 Å². The Balaban J connectivity index is 2.18. The molecule has 1 heterocycles. The molecule has 2 rings (SSSR count). The van der Waals surface area contributed by atoms with E-state index in [9.17, 15) is 4.79 Å². The van der Waals surface area contributed by atoms with Gasteiger partial charge in [-0.3, -0.25) is 4.79 Å². The minimum Gasteiger partial charge on any atom is -0.361 e. The van der Waals surface area contributed by atoms with Gasteiger partial charge in [-0.1, -0.05) is 18.2 Å². The van der Waals surface area contributed by atoms with E-state index in [0.29, 0.717) is 6.42 Å². The summed E-state index contributed by atoms with van der Waals surface area (Å²) in [4.78, 5) is 14.3. The van der Waals surface area contributed by atoms with Gasteiger partial charge in [0.1, 0.15) is 5.78 Å². The Bertz CT molecular complexity index is 475. The second kappa shape index (κ2) is 4.49. The number of nitrogens with one attached hydrogen (secondary N) is 1. The summed E-state index contributed by atoms with van der Waals surface area (Å²) in [6.07, 6.45) is 3.24. The molecule has 1 N–H and O–H groups in total. The van der Waals surface area contributed by atoms with Gasteiger partial charge in [-0.05, 0) is 18.1 Å². The van der Waals surface area contributed by atoms with Gasteiger partial charge in [-0.2, -0.15) is 0 Å². The first-order chi connectivity index (χ1) is 7.31. The number of para-hydroxylation sites is 1. The third-order valence-electron chi connectivity index (χ3n) is 2.50. The van der Waals surface area contributed by atoms with E-state index < -0.39 is 0 Å². The normalized spacial score (nSPS) is 10.7. The highest BCUT2D eigenvalue weighted by Gasteiger charge is 2.05. The molecule has 1 aromatic carbocycles. The van der Waals surface area contributed by atoms with Gasteiger partial charge >= 0.3 is 0 Å². The molecule has 3 heteroatoms. The van der Waals surface area contributed by atoms with E-state index in [0.717, 1.165) is 11.9 Å². The fraction of sp³-hybridized carbons (Fsp3) is 0.250. The molecule has 0 unspecified atom stereocenters. The molecule has 1 aromatic heterocycles. The van der Waals surface area contributed by atoms with Crippen molar-refractivity contribution >= 4 is 28.3 Å². The highest BCUT2D eigenvalue weighted by molar-refractivity contribution is 6.27. The van der Waals surface area contributed by atoms with Crippen molar-refractivity contribution in [3.63, 3.8) is 0 Å². The average molecular weight is 222 g/mol. The largest absolute Gasteiger partial charge is 0.361 e. The Morgan fingerprint density at radius 3 is 2.93 bits per heavy atom. The van der Waals surface area contributed by atoms with Crippen LogP contribution in [0.1, 0.15) is 12.0 Å². The maximum Gasteiger partial charge on any atom is 0.147 e. The number of aromatic amines is 1. The quantitative estimate of drug-likeness (QED) is 0.792. The molecule has 2 nitrogen and oxygen atoms in total. The van der Waals surface area contributed by atoms with Crippen LogP contribution < -0.4 is 0 Å². The minimum atomic E-state index is 0.0990. The van der Waals surface area contributed by atoms with Crippen molar-refractivity contribution in [3.8, 4) is 0 Å². The molecule has 0 saturated heterocycles. The molecule has 0 bridgehead atoms. The van der Waals surface area contributed by atoms with E-state index in [1.165, 1.54) is 10.9 Å². The van der Waals surface area contributed by atoms with E-state index in [4.69, 9.17) is 11.6 Å². The molecule has 0 amide bonds. The molecule has 78 valence electrons. The monoisotopic (exact) mass is 221 g/mol. The number of carbonyl (C=O) groups excluding carboxylic acids is 1. The number of H-pyrrole nitrogens is 1. The minimum absolute atomic E-state index is 0.0990. The lowest BCUT2D eigenvalue weighted by Gasteiger charge is -1.97. The molecule has 0 saturated carbocycles. The Morgan fingerprint density at radius 2 is 2.13 bits per heavy atom. The standard InChI is InChI=1S/C12H12ClNO/c13-7-10(15)6-5-9-8-14-12-4-2-1-3-11(9)12/h1-4,8,14H,5-7H2. The zero-order valence-electron chi connectivity index (χ0n) is 8.29. The number of rotatable bonds is 4. The highest BCUT2D eigenvalue weighted by atomic mass is 35.5.